The average Bonchev–Trinajstić information content (AvgIpc) is 3.41. The number of carbonyl (C=O) groups excluding carboxylic acids is 1. The number of benzene rings is 1. The molecule has 1 aromatic carbocycles. The Morgan fingerprint density at radius 3 is 2.47 bits per heavy atom. The Hall–Kier alpha value is -2.93. The minimum Gasteiger partial charge on any atom is -0.381 e. The van der Waals surface area contributed by atoms with Gasteiger partial charge in [-0.15, -0.1) is 0 Å². The molecule has 178 valence electrons. The van der Waals surface area contributed by atoms with Crippen LogP contribution < -0.4 is 10.6 Å². The van der Waals surface area contributed by atoms with Gasteiger partial charge in [0.1, 0.15) is 0 Å². The Balaban J connectivity index is 1.40. The zero-order chi connectivity index (χ0) is 23.1. The first kappa shape index (κ1) is 21.6. The van der Waals surface area contributed by atoms with Crippen molar-refractivity contribution in [3.63, 3.8) is 0 Å². The normalized spacial score (nSPS) is 19.2. The molecule has 1 aliphatic heterocycles. The molecule has 2 N–H and O–H groups in total. The van der Waals surface area contributed by atoms with Crippen molar-refractivity contribution in [2.75, 3.05) is 18.5 Å². The van der Waals surface area contributed by atoms with Crippen LogP contribution in [0, 0.1) is 0 Å². The van der Waals surface area contributed by atoms with E-state index in [0.29, 0.717) is 5.92 Å². The van der Waals surface area contributed by atoms with Crippen LogP contribution in [0.3, 0.4) is 0 Å². The van der Waals surface area contributed by atoms with Crippen molar-refractivity contribution in [3.8, 4) is 0 Å². The summed E-state index contributed by atoms with van der Waals surface area (Å²) in [5, 5.41) is 12.7. The smallest absolute Gasteiger partial charge is 0.255 e. The predicted octanol–water partition coefficient (Wildman–Crippen LogP) is 4.21. The van der Waals surface area contributed by atoms with E-state index >= 15 is 0 Å². The second-order valence-corrected chi connectivity index (χ2v) is 9.95. The van der Waals surface area contributed by atoms with Crippen molar-refractivity contribution in [2.45, 2.75) is 76.4 Å². The number of rotatable bonds is 6. The van der Waals surface area contributed by atoms with Gasteiger partial charge in [-0.05, 0) is 56.6 Å². The molecule has 0 atom stereocenters. The summed E-state index contributed by atoms with van der Waals surface area (Å²) in [5.41, 5.74) is 6.14. The zero-order valence-electron chi connectivity index (χ0n) is 19.8. The van der Waals surface area contributed by atoms with Crippen LogP contribution in [0.25, 0.3) is 11.0 Å². The Labute approximate surface area is 200 Å². The lowest BCUT2D eigenvalue weighted by molar-refractivity contribution is 0.0903. The number of aromatic nitrogens is 3. The highest BCUT2D eigenvalue weighted by molar-refractivity contribution is 6.08. The first-order chi connectivity index (χ1) is 16.7. The number of anilines is 1. The first-order valence-corrected chi connectivity index (χ1v) is 12.8. The number of aryl methyl sites for hydroxylation is 1. The van der Waals surface area contributed by atoms with Crippen molar-refractivity contribution < 1.29 is 9.53 Å². The first-order valence-electron chi connectivity index (χ1n) is 12.8. The topological polar surface area (TPSA) is 81.1 Å². The number of hydrogen-bond acceptors (Lipinski definition) is 5. The molecule has 0 unspecified atom stereocenters. The van der Waals surface area contributed by atoms with Crippen LogP contribution in [0.1, 0.15) is 72.1 Å². The highest BCUT2D eigenvalue weighted by Crippen LogP contribution is 2.41. The van der Waals surface area contributed by atoms with E-state index in [4.69, 9.17) is 9.72 Å². The van der Waals surface area contributed by atoms with Crippen molar-refractivity contribution in [3.05, 3.63) is 52.8 Å². The highest BCUT2D eigenvalue weighted by Gasteiger charge is 2.33. The molecule has 6 rings (SSSR count). The summed E-state index contributed by atoms with van der Waals surface area (Å²) in [6, 6.07) is 8.90. The van der Waals surface area contributed by atoms with Gasteiger partial charge in [0.15, 0.2) is 5.65 Å². The summed E-state index contributed by atoms with van der Waals surface area (Å²) in [6.45, 7) is 4.33. The van der Waals surface area contributed by atoms with Crippen LogP contribution in [0.5, 0.6) is 0 Å². The summed E-state index contributed by atoms with van der Waals surface area (Å²) in [7, 11) is 0. The lowest BCUT2D eigenvalue weighted by Crippen LogP contribution is -2.37. The van der Waals surface area contributed by atoms with Gasteiger partial charge in [0.05, 0.1) is 28.5 Å². The monoisotopic (exact) mass is 459 g/mol. The number of ether oxygens (including phenoxy) is 1. The van der Waals surface area contributed by atoms with Crippen LogP contribution in [-0.4, -0.2) is 46.0 Å². The molecule has 1 amide bonds. The molecule has 1 saturated carbocycles. The van der Waals surface area contributed by atoms with Gasteiger partial charge < -0.3 is 15.4 Å². The van der Waals surface area contributed by atoms with Crippen molar-refractivity contribution >= 4 is 22.6 Å². The molecule has 3 aliphatic rings. The molecule has 1 saturated heterocycles. The van der Waals surface area contributed by atoms with E-state index in [1.807, 2.05) is 10.9 Å². The summed E-state index contributed by atoms with van der Waals surface area (Å²) >= 11 is 0. The van der Waals surface area contributed by atoms with Crippen LogP contribution in [-0.2, 0) is 24.1 Å². The zero-order valence-corrected chi connectivity index (χ0v) is 19.8. The Morgan fingerprint density at radius 1 is 1.09 bits per heavy atom. The SMILES string of the molecule is CCn1ncc2c(NC3CCOCC3)c(C(=O)NC3Cc4ccccc4C3)c(C3CCC3)nc21. The third-order valence-electron chi connectivity index (χ3n) is 7.79. The summed E-state index contributed by atoms with van der Waals surface area (Å²) in [6.07, 6.45) is 8.88. The van der Waals surface area contributed by atoms with Gasteiger partial charge in [0.2, 0.25) is 0 Å². The number of amides is 1. The van der Waals surface area contributed by atoms with Gasteiger partial charge in [-0.2, -0.15) is 5.10 Å². The standard InChI is InChI=1S/C27H33N5O2/c1-2-32-26-22(16-28-32)25(29-20-10-12-34-13-11-20)23(24(31-26)17-8-5-9-17)27(33)30-21-14-18-6-3-4-7-19(18)15-21/h3-4,6-7,16-17,20-21H,2,5,8-15H2,1H3,(H,29,31)(H,30,33). The minimum atomic E-state index is -0.00656. The summed E-state index contributed by atoms with van der Waals surface area (Å²) < 4.78 is 7.53. The molecular weight excluding hydrogens is 426 g/mol. The van der Waals surface area contributed by atoms with Gasteiger partial charge in [0.25, 0.3) is 5.91 Å². The van der Waals surface area contributed by atoms with E-state index in [2.05, 4.69) is 46.9 Å². The van der Waals surface area contributed by atoms with E-state index < -0.39 is 0 Å². The maximum absolute atomic E-state index is 14.0. The predicted molar refractivity (Wildman–Crippen MR) is 132 cm³/mol. The van der Waals surface area contributed by atoms with E-state index in [0.717, 1.165) is 86.3 Å². The van der Waals surface area contributed by atoms with Crippen molar-refractivity contribution in [2.24, 2.45) is 0 Å². The van der Waals surface area contributed by atoms with Gasteiger partial charge in [0, 0.05) is 37.8 Å². The second kappa shape index (κ2) is 9.02. The van der Waals surface area contributed by atoms with Crippen LogP contribution in [0.15, 0.2) is 30.5 Å². The third kappa shape index (κ3) is 3.86. The third-order valence-corrected chi connectivity index (χ3v) is 7.79. The molecule has 0 spiro atoms. The van der Waals surface area contributed by atoms with Crippen LogP contribution in [0.4, 0.5) is 5.69 Å². The van der Waals surface area contributed by atoms with Crippen LogP contribution >= 0.6 is 0 Å². The fourth-order valence-corrected chi connectivity index (χ4v) is 5.66. The van der Waals surface area contributed by atoms with Gasteiger partial charge in [-0.25, -0.2) is 9.67 Å². The number of carbonyl (C=O) groups is 1. The molecule has 7 nitrogen and oxygen atoms in total. The second-order valence-electron chi connectivity index (χ2n) is 9.95. The molecular formula is C27H33N5O2. The van der Waals surface area contributed by atoms with Gasteiger partial charge in [-0.3, -0.25) is 4.79 Å². The van der Waals surface area contributed by atoms with Gasteiger partial charge >= 0.3 is 0 Å². The molecule has 3 heterocycles. The maximum atomic E-state index is 14.0. The number of nitrogens with zero attached hydrogens (tertiary/aromatic N) is 3. The quantitative estimate of drug-likeness (QED) is 0.577. The molecule has 0 radical (unpaired) electrons. The van der Waals surface area contributed by atoms with Crippen molar-refractivity contribution in [1.82, 2.24) is 20.1 Å². The fourth-order valence-electron chi connectivity index (χ4n) is 5.66. The van der Waals surface area contributed by atoms with Crippen molar-refractivity contribution in [1.29, 1.82) is 0 Å². The van der Waals surface area contributed by atoms with E-state index in [1.165, 1.54) is 17.5 Å². The largest absolute Gasteiger partial charge is 0.381 e. The van der Waals surface area contributed by atoms with E-state index in [1.54, 1.807) is 0 Å². The van der Waals surface area contributed by atoms with E-state index in [9.17, 15) is 4.79 Å². The lowest BCUT2D eigenvalue weighted by atomic mass is 9.80. The molecule has 2 fully saturated rings. The summed E-state index contributed by atoms with van der Waals surface area (Å²) in [4.78, 5) is 19.0. The molecule has 3 aromatic rings. The summed E-state index contributed by atoms with van der Waals surface area (Å²) in [5.74, 6) is 0.328. The number of nitrogens with one attached hydrogen (secondary N) is 2. The van der Waals surface area contributed by atoms with E-state index in [-0.39, 0.29) is 18.0 Å². The molecule has 2 aromatic heterocycles. The molecule has 0 bridgehead atoms. The fraction of sp³-hybridized carbons (Fsp3) is 0.519. The molecule has 34 heavy (non-hydrogen) atoms. The average molecular weight is 460 g/mol. The minimum absolute atomic E-state index is 0.00656. The maximum Gasteiger partial charge on any atom is 0.255 e. The highest BCUT2D eigenvalue weighted by atomic mass is 16.5. The Kier molecular flexibility index (Phi) is 5.73. The number of pyridine rings is 1. The number of hydrogen-bond donors (Lipinski definition) is 2. The van der Waals surface area contributed by atoms with Crippen LogP contribution in [0.2, 0.25) is 0 Å². The molecule has 2 aliphatic carbocycles. The lowest BCUT2D eigenvalue weighted by Gasteiger charge is -2.30. The molecule has 7 heteroatoms. The Morgan fingerprint density at radius 2 is 1.82 bits per heavy atom. The Bertz CT molecular complexity index is 1180. The number of fused-ring (bicyclic) bond motifs is 2. The van der Waals surface area contributed by atoms with Gasteiger partial charge in [-0.1, -0.05) is 30.7 Å².